The molecule has 0 heterocycles. The number of halogens is 2. The highest BCUT2D eigenvalue weighted by atomic mass is 19.3. The van der Waals surface area contributed by atoms with Crippen LogP contribution in [0.25, 0.3) is 0 Å². The molecule has 0 bridgehead atoms. The minimum Gasteiger partial charge on any atom is -0.326 e. The number of hydrogen-bond donors (Lipinski definition) is 1. The molecule has 0 saturated heterocycles. The lowest BCUT2D eigenvalue weighted by Gasteiger charge is -2.31. The van der Waals surface area contributed by atoms with Gasteiger partial charge in [-0.3, -0.25) is 4.90 Å². The van der Waals surface area contributed by atoms with Crippen LogP contribution in [0.3, 0.4) is 0 Å². The molecular formula is C12H18F2N2. The summed E-state index contributed by atoms with van der Waals surface area (Å²) in [5.74, 6) is 0. The largest absolute Gasteiger partial charge is 0.326 e. The summed E-state index contributed by atoms with van der Waals surface area (Å²) < 4.78 is 24.7. The van der Waals surface area contributed by atoms with Gasteiger partial charge in [-0.2, -0.15) is 0 Å². The number of nitrogens with zero attached hydrogens (tertiary/aromatic N) is 1. The molecule has 0 aliphatic heterocycles. The Bertz CT molecular complexity index is 301. The van der Waals surface area contributed by atoms with Crippen LogP contribution in [0, 0.1) is 0 Å². The van der Waals surface area contributed by atoms with E-state index >= 15 is 0 Å². The standard InChI is InChI=1S/C12H18F2N2/c1-9(15)12(16(2)8-11(13)14)10-6-4-3-5-7-10/h3-7,9,11-12H,8,15H2,1-2H3. The van der Waals surface area contributed by atoms with Gasteiger partial charge >= 0.3 is 0 Å². The van der Waals surface area contributed by atoms with Gasteiger partial charge in [0.2, 0.25) is 0 Å². The van der Waals surface area contributed by atoms with E-state index in [1.54, 1.807) is 11.9 Å². The fraction of sp³-hybridized carbons (Fsp3) is 0.500. The first-order valence-electron chi connectivity index (χ1n) is 5.31. The third kappa shape index (κ3) is 3.54. The van der Waals surface area contributed by atoms with Gasteiger partial charge in [0.15, 0.2) is 0 Å². The van der Waals surface area contributed by atoms with Gasteiger partial charge in [0, 0.05) is 12.1 Å². The maximum Gasteiger partial charge on any atom is 0.251 e. The molecule has 1 rings (SSSR count). The molecule has 2 N–H and O–H groups in total. The summed E-state index contributed by atoms with van der Waals surface area (Å²) in [7, 11) is 1.67. The van der Waals surface area contributed by atoms with Crippen molar-refractivity contribution in [2.45, 2.75) is 25.4 Å². The molecule has 0 aromatic heterocycles. The van der Waals surface area contributed by atoms with Crippen molar-refractivity contribution in [2.24, 2.45) is 5.73 Å². The maximum atomic E-state index is 12.3. The van der Waals surface area contributed by atoms with E-state index in [1.807, 2.05) is 37.3 Å². The Morgan fingerprint density at radius 2 is 1.81 bits per heavy atom. The van der Waals surface area contributed by atoms with E-state index in [0.717, 1.165) is 5.56 Å². The molecule has 0 saturated carbocycles. The highest BCUT2D eigenvalue weighted by Gasteiger charge is 2.22. The highest BCUT2D eigenvalue weighted by molar-refractivity contribution is 5.20. The summed E-state index contributed by atoms with van der Waals surface area (Å²) in [4.78, 5) is 1.60. The van der Waals surface area contributed by atoms with Gasteiger partial charge in [-0.25, -0.2) is 8.78 Å². The van der Waals surface area contributed by atoms with Crippen LogP contribution in [0.5, 0.6) is 0 Å². The second kappa shape index (κ2) is 5.92. The maximum absolute atomic E-state index is 12.3. The Balaban J connectivity index is 2.83. The van der Waals surface area contributed by atoms with Gasteiger partial charge in [0.1, 0.15) is 0 Å². The number of likely N-dealkylation sites (N-methyl/N-ethyl adjacent to an activating group) is 1. The van der Waals surface area contributed by atoms with Crippen LogP contribution in [0.15, 0.2) is 30.3 Å². The zero-order valence-electron chi connectivity index (χ0n) is 9.61. The lowest BCUT2D eigenvalue weighted by atomic mass is 10.00. The lowest BCUT2D eigenvalue weighted by molar-refractivity contribution is 0.0754. The quantitative estimate of drug-likeness (QED) is 0.837. The first kappa shape index (κ1) is 13.1. The van der Waals surface area contributed by atoms with E-state index in [0.29, 0.717) is 0 Å². The Labute approximate surface area is 95.1 Å². The van der Waals surface area contributed by atoms with Gasteiger partial charge in [-0.05, 0) is 19.5 Å². The van der Waals surface area contributed by atoms with Gasteiger partial charge < -0.3 is 5.73 Å². The van der Waals surface area contributed by atoms with E-state index in [4.69, 9.17) is 5.73 Å². The van der Waals surface area contributed by atoms with E-state index in [-0.39, 0.29) is 18.6 Å². The molecule has 0 amide bonds. The fourth-order valence-corrected chi connectivity index (χ4v) is 1.94. The lowest BCUT2D eigenvalue weighted by Crippen LogP contribution is -2.39. The average Bonchev–Trinajstić information content (AvgIpc) is 2.17. The molecule has 0 aliphatic rings. The predicted octanol–water partition coefficient (Wildman–Crippen LogP) is 2.27. The summed E-state index contributed by atoms with van der Waals surface area (Å²) in [6.07, 6.45) is -2.34. The van der Waals surface area contributed by atoms with Crippen molar-refractivity contribution < 1.29 is 8.78 Å². The summed E-state index contributed by atoms with van der Waals surface area (Å²) in [6, 6.07) is 9.14. The van der Waals surface area contributed by atoms with E-state index < -0.39 is 6.43 Å². The molecule has 1 aromatic carbocycles. The van der Waals surface area contributed by atoms with Crippen molar-refractivity contribution in [3.05, 3.63) is 35.9 Å². The van der Waals surface area contributed by atoms with Gasteiger partial charge in [-0.1, -0.05) is 30.3 Å². The molecule has 0 aliphatic carbocycles. The zero-order chi connectivity index (χ0) is 12.1. The van der Waals surface area contributed by atoms with Crippen LogP contribution < -0.4 is 5.73 Å². The molecule has 0 radical (unpaired) electrons. The smallest absolute Gasteiger partial charge is 0.251 e. The molecule has 4 heteroatoms. The molecule has 0 spiro atoms. The summed E-state index contributed by atoms with van der Waals surface area (Å²) in [5, 5.41) is 0. The SMILES string of the molecule is CC(N)C(c1ccccc1)N(C)CC(F)F. The Hall–Kier alpha value is -1.00. The summed E-state index contributed by atoms with van der Waals surface area (Å²) >= 11 is 0. The minimum absolute atomic E-state index is 0.171. The second-order valence-corrected chi connectivity index (χ2v) is 4.05. The Morgan fingerprint density at radius 1 is 1.25 bits per heavy atom. The first-order valence-corrected chi connectivity index (χ1v) is 5.31. The van der Waals surface area contributed by atoms with E-state index in [2.05, 4.69) is 0 Å². The molecule has 2 atom stereocenters. The highest BCUT2D eigenvalue weighted by Crippen LogP contribution is 2.22. The zero-order valence-corrected chi connectivity index (χ0v) is 9.61. The number of rotatable bonds is 5. The predicted molar refractivity (Wildman–Crippen MR) is 61.5 cm³/mol. The van der Waals surface area contributed by atoms with Crippen molar-refractivity contribution >= 4 is 0 Å². The van der Waals surface area contributed by atoms with E-state index in [9.17, 15) is 8.78 Å². The molecule has 2 nitrogen and oxygen atoms in total. The van der Waals surface area contributed by atoms with Gasteiger partial charge in [0.25, 0.3) is 6.43 Å². The third-order valence-electron chi connectivity index (χ3n) is 2.54. The van der Waals surface area contributed by atoms with Crippen LogP contribution in [0.1, 0.15) is 18.5 Å². The first-order chi connectivity index (χ1) is 7.52. The van der Waals surface area contributed by atoms with Gasteiger partial charge in [-0.15, -0.1) is 0 Å². The summed E-state index contributed by atoms with van der Waals surface area (Å²) in [5.41, 5.74) is 6.83. The van der Waals surface area contributed by atoms with Crippen molar-refractivity contribution in [1.82, 2.24) is 4.90 Å². The topological polar surface area (TPSA) is 29.3 Å². The number of alkyl halides is 2. The fourth-order valence-electron chi connectivity index (χ4n) is 1.94. The van der Waals surface area contributed by atoms with Crippen LogP contribution in [0.4, 0.5) is 8.78 Å². The van der Waals surface area contributed by atoms with Crippen molar-refractivity contribution in [3.63, 3.8) is 0 Å². The number of hydrogen-bond acceptors (Lipinski definition) is 2. The second-order valence-electron chi connectivity index (χ2n) is 4.05. The summed E-state index contributed by atoms with van der Waals surface area (Å²) in [6.45, 7) is 1.57. The Morgan fingerprint density at radius 3 is 2.25 bits per heavy atom. The van der Waals surface area contributed by atoms with Crippen molar-refractivity contribution in [2.75, 3.05) is 13.6 Å². The molecular weight excluding hydrogens is 210 g/mol. The molecule has 2 unspecified atom stereocenters. The molecule has 1 aromatic rings. The molecule has 90 valence electrons. The number of nitrogens with two attached hydrogens (primary N) is 1. The Kier molecular flexibility index (Phi) is 4.83. The van der Waals surface area contributed by atoms with Crippen molar-refractivity contribution in [1.29, 1.82) is 0 Å². The van der Waals surface area contributed by atoms with Crippen molar-refractivity contribution in [3.8, 4) is 0 Å². The number of benzene rings is 1. The van der Waals surface area contributed by atoms with Crippen LogP contribution in [-0.2, 0) is 0 Å². The third-order valence-corrected chi connectivity index (χ3v) is 2.54. The minimum atomic E-state index is -2.34. The van der Waals surface area contributed by atoms with Crippen LogP contribution >= 0.6 is 0 Å². The van der Waals surface area contributed by atoms with Crippen LogP contribution in [-0.4, -0.2) is 31.0 Å². The van der Waals surface area contributed by atoms with E-state index in [1.165, 1.54) is 0 Å². The molecule has 16 heavy (non-hydrogen) atoms. The molecule has 0 fully saturated rings. The normalized spacial score (nSPS) is 15.4. The average molecular weight is 228 g/mol. The van der Waals surface area contributed by atoms with Gasteiger partial charge in [0.05, 0.1) is 6.54 Å². The monoisotopic (exact) mass is 228 g/mol. The van der Waals surface area contributed by atoms with Crippen LogP contribution in [0.2, 0.25) is 0 Å².